The van der Waals surface area contributed by atoms with Crippen LogP contribution in [0.4, 0.5) is 0 Å². The van der Waals surface area contributed by atoms with Crippen LogP contribution in [0.2, 0.25) is 0 Å². The first-order valence-electron chi connectivity index (χ1n) is 5.72. The highest BCUT2D eigenvalue weighted by Crippen LogP contribution is 2.22. The second-order valence-electron chi connectivity index (χ2n) is 3.89. The molecule has 0 unspecified atom stereocenters. The van der Waals surface area contributed by atoms with E-state index < -0.39 is 0 Å². The van der Waals surface area contributed by atoms with Gasteiger partial charge in [0.05, 0.1) is 11.4 Å². The van der Waals surface area contributed by atoms with E-state index in [1.165, 1.54) is 11.8 Å². The summed E-state index contributed by atoms with van der Waals surface area (Å²) in [5.74, 6) is 1.73. The molecule has 0 saturated carbocycles. The number of benzene rings is 1. The lowest BCUT2D eigenvalue weighted by molar-refractivity contribution is 0.475. The molecule has 0 radical (unpaired) electrons. The van der Waals surface area contributed by atoms with Gasteiger partial charge in [-0.1, -0.05) is 11.8 Å². The third-order valence-electron chi connectivity index (χ3n) is 2.43. The number of aromatic nitrogens is 6. The zero-order valence-electron chi connectivity index (χ0n) is 10.5. The molecule has 0 amide bonds. The van der Waals surface area contributed by atoms with E-state index in [4.69, 9.17) is 4.42 Å². The summed E-state index contributed by atoms with van der Waals surface area (Å²) in [6, 6.07) is 6.61. The molecule has 8 nitrogen and oxygen atoms in total. The fourth-order valence-corrected chi connectivity index (χ4v) is 2.27. The largest absolute Gasteiger partial charge is 0.508 e. The number of rotatable bonds is 4. The van der Waals surface area contributed by atoms with E-state index >= 15 is 0 Å². The first-order valence-corrected chi connectivity index (χ1v) is 6.70. The van der Waals surface area contributed by atoms with Crippen LogP contribution >= 0.6 is 11.8 Å². The van der Waals surface area contributed by atoms with Crippen LogP contribution in [-0.4, -0.2) is 35.5 Å². The van der Waals surface area contributed by atoms with E-state index in [-0.39, 0.29) is 5.75 Å². The number of hydrogen-bond acceptors (Lipinski definition) is 8. The molecular formula is C11H10N6O2S. The van der Waals surface area contributed by atoms with Crippen molar-refractivity contribution in [2.45, 2.75) is 17.8 Å². The average molecular weight is 290 g/mol. The third kappa shape index (κ3) is 2.62. The lowest BCUT2D eigenvalue weighted by Gasteiger charge is -2.03. The van der Waals surface area contributed by atoms with Gasteiger partial charge < -0.3 is 9.52 Å². The molecule has 2 heterocycles. The molecule has 0 saturated heterocycles. The van der Waals surface area contributed by atoms with Gasteiger partial charge in [0.15, 0.2) is 0 Å². The van der Waals surface area contributed by atoms with Crippen LogP contribution in [0, 0.1) is 6.92 Å². The Morgan fingerprint density at radius 1 is 1.20 bits per heavy atom. The molecule has 20 heavy (non-hydrogen) atoms. The van der Waals surface area contributed by atoms with E-state index in [9.17, 15) is 5.11 Å². The van der Waals surface area contributed by atoms with Crippen LogP contribution in [0.15, 0.2) is 33.8 Å². The standard InChI is InChI=1S/C11H10N6O2S/c1-7-12-13-10(19-7)6-20-11-14-15-16-17(11)8-2-4-9(18)5-3-8/h2-5,18H,6H2,1H3. The summed E-state index contributed by atoms with van der Waals surface area (Å²) in [6.45, 7) is 1.74. The van der Waals surface area contributed by atoms with E-state index in [1.807, 2.05) is 0 Å². The number of tetrazole rings is 1. The van der Waals surface area contributed by atoms with Gasteiger partial charge in [0.1, 0.15) is 5.75 Å². The lowest BCUT2D eigenvalue weighted by Crippen LogP contribution is -1.98. The molecule has 102 valence electrons. The van der Waals surface area contributed by atoms with Crippen molar-refractivity contribution in [3.05, 3.63) is 36.0 Å². The maximum absolute atomic E-state index is 9.28. The molecule has 0 atom stereocenters. The monoisotopic (exact) mass is 290 g/mol. The summed E-state index contributed by atoms with van der Waals surface area (Å²) in [6.07, 6.45) is 0. The number of aromatic hydroxyl groups is 1. The zero-order valence-corrected chi connectivity index (χ0v) is 11.3. The summed E-state index contributed by atoms with van der Waals surface area (Å²) < 4.78 is 6.87. The van der Waals surface area contributed by atoms with E-state index in [0.29, 0.717) is 22.7 Å². The Balaban J connectivity index is 1.78. The minimum atomic E-state index is 0.192. The van der Waals surface area contributed by atoms with Crippen LogP contribution in [0.25, 0.3) is 5.69 Å². The minimum Gasteiger partial charge on any atom is -0.508 e. The Morgan fingerprint density at radius 2 is 2.00 bits per heavy atom. The Kier molecular flexibility index (Phi) is 3.33. The van der Waals surface area contributed by atoms with Gasteiger partial charge in [-0.15, -0.1) is 15.3 Å². The summed E-state index contributed by atoms with van der Waals surface area (Å²) in [5.41, 5.74) is 0.761. The normalized spacial score (nSPS) is 10.8. The minimum absolute atomic E-state index is 0.192. The summed E-state index contributed by atoms with van der Waals surface area (Å²) in [4.78, 5) is 0. The zero-order chi connectivity index (χ0) is 13.9. The Hall–Kier alpha value is -2.42. The second-order valence-corrected chi connectivity index (χ2v) is 4.84. The van der Waals surface area contributed by atoms with Gasteiger partial charge in [-0.25, -0.2) is 0 Å². The predicted octanol–water partition coefficient (Wildman–Crippen LogP) is 1.35. The number of phenols is 1. The average Bonchev–Trinajstić information content (AvgIpc) is 3.06. The van der Waals surface area contributed by atoms with Crippen molar-refractivity contribution in [3.63, 3.8) is 0 Å². The smallest absolute Gasteiger partial charge is 0.226 e. The third-order valence-corrected chi connectivity index (χ3v) is 3.33. The van der Waals surface area contributed by atoms with Crippen LogP contribution in [0.1, 0.15) is 11.8 Å². The maximum Gasteiger partial charge on any atom is 0.226 e. The van der Waals surface area contributed by atoms with Crippen molar-refractivity contribution < 1.29 is 9.52 Å². The number of hydrogen-bond donors (Lipinski definition) is 1. The van der Waals surface area contributed by atoms with E-state index in [1.54, 1.807) is 35.9 Å². The Morgan fingerprint density at radius 3 is 2.70 bits per heavy atom. The van der Waals surface area contributed by atoms with Gasteiger partial charge in [0.25, 0.3) is 0 Å². The first kappa shape index (κ1) is 12.6. The SMILES string of the molecule is Cc1nnc(CSc2nnnn2-c2ccc(O)cc2)o1. The number of phenolic OH excluding ortho intramolecular Hbond substituents is 1. The van der Waals surface area contributed by atoms with Crippen LogP contribution in [0.5, 0.6) is 5.75 Å². The molecule has 0 bridgehead atoms. The fourth-order valence-electron chi connectivity index (χ4n) is 1.55. The molecule has 0 aliphatic carbocycles. The molecular weight excluding hydrogens is 280 g/mol. The lowest BCUT2D eigenvalue weighted by atomic mass is 10.3. The van der Waals surface area contributed by atoms with Crippen molar-refractivity contribution in [2.75, 3.05) is 0 Å². The molecule has 0 spiro atoms. The van der Waals surface area contributed by atoms with E-state index in [2.05, 4.69) is 25.7 Å². The maximum atomic E-state index is 9.28. The molecule has 0 aliphatic heterocycles. The second kappa shape index (κ2) is 5.29. The van der Waals surface area contributed by atoms with Crippen molar-refractivity contribution >= 4 is 11.8 Å². The Bertz CT molecular complexity index is 708. The number of thioether (sulfide) groups is 1. The number of nitrogens with zero attached hydrogens (tertiary/aromatic N) is 6. The summed E-state index contributed by atoms with van der Waals surface area (Å²) in [7, 11) is 0. The van der Waals surface area contributed by atoms with Gasteiger partial charge in [-0.05, 0) is 34.7 Å². The van der Waals surface area contributed by atoms with Crippen LogP contribution < -0.4 is 0 Å². The highest BCUT2D eigenvalue weighted by Gasteiger charge is 2.11. The van der Waals surface area contributed by atoms with Crippen molar-refractivity contribution in [1.29, 1.82) is 0 Å². The molecule has 2 aromatic heterocycles. The first-order chi connectivity index (χ1) is 9.72. The van der Waals surface area contributed by atoms with Gasteiger partial charge in [-0.2, -0.15) is 4.68 Å². The highest BCUT2D eigenvalue weighted by molar-refractivity contribution is 7.98. The van der Waals surface area contributed by atoms with Gasteiger partial charge in [-0.3, -0.25) is 0 Å². The van der Waals surface area contributed by atoms with Crippen LogP contribution in [-0.2, 0) is 5.75 Å². The summed E-state index contributed by atoms with van der Waals surface area (Å²) in [5, 5.41) is 29.1. The van der Waals surface area contributed by atoms with Crippen LogP contribution in [0.3, 0.4) is 0 Å². The topological polar surface area (TPSA) is 103 Å². The Labute approximate surface area is 117 Å². The fraction of sp³-hybridized carbons (Fsp3) is 0.182. The molecule has 0 fully saturated rings. The molecule has 3 aromatic rings. The predicted molar refractivity (Wildman–Crippen MR) is 69.4 cm³/mol. The van der Waals surface area contributed by atoms with E-state index in [0.717, 1.165) is 5.69 Å². The number of aryl methyl sites for hydroxylation is 1. The molecule has 0 aliphatic rings. The molecule has 3 rings (SSSR count). The van der Waals surface area contributed by atoms with Gasteiger partial charge >= 0.3 is 0 Å². The molecule has 9 heteroatoms. The highest BCUT2D eigenvalue weighted by atomic mass is 32.2. The van der Waals surface area contributed by atoms with Crippen molar-refractivity contribution in [1.82, 2.24) is 30.4 Å². The quantitative estimate of drug-likeness (QED) is 0.718. The van der Waals surface area contributed by atoms with Gasteiger partial charge in [0, 0.05) is 6.92 Å². The van der Waals surface area contributed by atoms with Crippen molar-refractivity contribution in [3.8, 4) is 11.4 Å². The van der Waals surface area contributed by atoms with Crippen molar-refractivity contribution in [2.24, 2.45) is 0 Å². The molecule has 1 N–H and O–H groups in total. The molecule has 1 aromatic carbocycles. The summed E-state index contributed by atoms with van der Waals surface area (Å²) >= 11 is 1.39. The van der Waals surface area contributed by atoms with Gasteiger partial charge in [0.2, 0.25) is 16.9 Å².